The van der Waals surface area contributed by atoms with Gasteiger partial charge in [-0.05, 0) is 93.0 Å². The minimum absolute atomic E-state index is 0.804. The molecule has 0 saturated carbocycles. The topological polar surface area (TPSA) is 77.3 Å². The Balaban J connectivity index is 1.23. The summed E-state index contributed by atoms with van der Waals surface area (Å²) in [4.78, 5) is 27.8. The van der Waals surface area contributed by atoms with Crippen molar-refractivity contribution in [1.29, 1.82) is 0 Å². The minimum Gasteiger partial charge on any atom is -0.265 e. The maximum Gasteiger partial charge on any atom is 0.0973 e. The summed E-state index contributed by atoms with van der Waals surface area (Å²) < 4.78 is 0. The maximum absolute atomic E-state index is 5.53. The molecule has 0 bridgehead atoms. The molecule has 0 aliphatic carbocycles. The first-order chi connectivity index (χ1) is 26.8. The van der Waals surface area contributed by atoms with Crippen LogP contribution < -0.4 is 0 Å². The lowest BCUT2D eigenvalue weighted by Gasteiger charge is -2.17. The molecule has 9 aromatic rings. The second-order valence-corrected chi connectivity index (χ2v) is 12.9. The zero-order chi connectivity index (χ0) is 36.1. The number of pyridine rings is 4. The molecule has 0 N–H and O–H groups in total. The molecule has 9 rings (SSSR count). The second kappa shape index (κ2) is 14.7. The van der Waals surface area contributed by atoms with Gasteiger partial charge in [-0.1, -0.05) is 97.1 Å². The lowest BCUT2D eigenvalue weighted by Crippen LogP contribution is -2.01. The molecule has 254 valence electrons. The third kappa shape index (κ3) is 6.67. The second-order valence-electron chi connectivity index (χ2n) is 12.9. The lowest BCUT2D eigenvalue weighted by molar-refractivity contribution is 1.21. The van der Waals surface area contributed by atoms with Crippen LogP contribution in [0.15, 0.2) is 195 Å². The molecule has 0 atom stereocenters. The van der Waals surface area contributed by atoms with Crippen LogP contribution in [0.2, 0.25) is 0 Å². The molecule has 0 aliphatic heterocycles. The first-order valence-corrected chi connectivity index (χ1v) is 17.7. The van der Waals surface area contributed by atoms with E-state index in [-0.39, 0.29) is 0 Å². The van der Waals surface area contributed by atoms with Gasteiger partial charge in [0.2, 0.25) is 0 Å². The van der Waals surface area contributed by atoms with Gasteiger partial charge in [-0.25, -0.2) is 9.97 Å². The standard InChI is InChI=1S/C48H32N6/c1-9-41(10-2-33(1)37-17-25-49-26-18-37)45-46(42-11-3-34(4-12-42)38-19-27-50-28-20-38)54-48(44-15-7-36(8-16-44)40-23-31-52-32-24-40)47(53-45)43-13-5-35(6-14-43)39-21-29-51-30-22-39/h1-32H. The molecular weight excluding hydrogens is 661 g/mol. The van der Waals surface area contributed by atoms with E-state index in [1.807, 2.05) is 98.1 Å². The van der Waals surface area contributed by atoms with Crippen molar-refractivity contribution in [1.82, 2.24) is 29.9 Å². The Morgan fingerprint density at radius 3 is 0.500 bits per heavy atom. The van der Waals surface area contributed by atoms with E-state index in [0.717, 1.165) is 89.5 Å². The molecule has 0 radical (unpaired) electrons. The van der Waals surface area contributed by atoms with Crippen LogP contribution in [-0.4, -0.2) is 29.9 Å². The van der Waals surface area contributed by atoms with Gasteiger partial charge in [0.15, 0.2) is 0 Å². The van der Waals surface area contributed by atoms with Crippen LogP contribution in [0.5, 0.6) is 0 Å². The molecule has 6 heteroatoms. The highest BCUT2D eigenvalue weighted by atomic mass is 14.9. The quantitative estimate of drug-likeness (QED) is 0.158. The number of rotatable bonds is 8. The van der Waals surface area contributed by atoms with E-state index in [0.29, 0.717) is 0 Å². The summed E-state index contributed by atoms with van der Waals surface area (Å²) in [5.74, 6) is 0. The molecule has 0 amide bonds. The summed E-state index contributed by atoms with van der Waals surface area (Å²) >= 11 is 0. The van der Waals surface area contributed by atoms with Gasteiger partial charge in [0.05, 0.1) is 22.8 Å². The van der Waals surface area contributed by atoms with Crippen molar-refractivity contribution in [2.45, 2.75) is 0 Å². The van der Waals surface area contributed by atoms with Gasteiger partial charge in [-0.3, -0.25) is 19.9 Å². The average Bonchev–Trinajstić information content (AvgIpc) is 3.27. The molecule has 54 heavy (non-hydrogen) atoms. The molecule has 0 aliphatic rings. The van der Waals surface area contributed by atoms with Crippen molar-refractivity contribution in [3.05, 3.63) is 195 Å². The molecular formula is C48H32N6. The third-order valence-electron chi connectivity index (χ3n) is 9.58. The van der Waals surface area contributed by atoms with Gasteiger partial charge in [-0.2, -0.15) is 0 Å². The van der Waals surface area contributed by atoms with Crippen LogP contribution in [0.1, 0.15) is 0 Å². The maximum atomic E-state index is 5.53. The summed E-state index contributed by atoms with van der Waals surface area (Å²) in [6.45, 7) is 0. The Morgan fingerprint density at radius 1 is 0.167 bits per heavy atom. The van der Waals surface area contributed by atoms with Crippen LogP contribution >= 0.6 is 0 Å². The normalized spacial score (nSPS) is 11.0. The minimum atomic E-state index is 0.804. The fourth-order valence-corrected chi connectivity index (χ4v) is 6.70. The van der Waals surface area contributed by atoms with Crippen molar-refractivity contribution >= 4 is 0 Å². The van der Waals surface area contributed by atoms with E-state index in [4.69, 9.17) is 9.97 Å². The highest BCUT2D eigenvalue weighted by molar-refractivity contribution is 5.88. The summed E-state index contributed by atoms with van der Waals surface area (Å²) in [6, 6.07) is 50.3. The average molecular weight is 693 g/mol. The number of hydrogen-bond acceptors (Lipinski definition) is 6. The predicted molar refractivity (Wildman–Crippen MR) is 217 cm³/mol. The summed E-state index contributed by atoms with van der Waals surface area (Å²) in [6.07, 6.45) is 14.5. The monoisotopic (exact) mass is 692 g/mol. The van der Waals surface area contributed by atoms with E-state index in [1.54, 1.807) is 0 Å². The van der Waals surface area contributed by atoms with Crippen LogP contribution in [0.25, 0.3) is 89.5 Å². The van der Waals surface area contributed by atoms with E-state index >= 15 is 0 Å². The molecule has 0 spiro atoms. The largest absolute Gasteiger partial charge is 0.265 e. The van der Waals surface area contributed by atoms with Crippen molar-refractivity contribution in [3.63, 3.8) is 0 Å². The van der Waals surface area contributed by atoms with Gasteiger partial charge in [0, 0.05) is 71.8 Å². The van der Waals surface area contributed by atoms with Crippen molar-refractivity contribution < 1.29 is 0 Å². The number of nitrogens with zero attached hydrogens (tertiary/aromatic N) is 6. The number of aromatic nitrogens is 6. The van der Waals surface area contributed by atoms with Crippen molar-refractivity contribution in [2.75, 3.05) is 0 Å². The van der Waals surface area contributed by atoms with Crippen molar-refractivity contribution in [3.8, 4) is 89.5 Å². The fraction of sp³-hybridized carbons (Fsp3) is 0. The van der Waals surface area contributed by atoms with Crippen LogP contribution in [0.4, 0.5) is 0 Å². The molecule has 0 saturated heterocycles. The van der Waals surface area contributed by atoms with Crippen molar-refractivity contribution in [2.24, 2.45) is 0 Å². The SMILES string of the molecule is c1cc(-c2ccc(-c3nc(-c4ccc(-c5ccncc5)cc4)c(-c4ccc(-c5ccncc5)cc4)nc3-c3ccc(-c4ccncc4)cc3)cc2)ccn1. The molecule has 0 unspecified atom stereocenters. The lowest BCUT2D eigenvalue weighted by atomic mass is 9.96. The van der Waals surface area contributed by atoms with Crippen LogP contribution in [0, 0.1) is 0 Å². The molecule has 6 nitrogen and oxygen atoms in total. The Kier molecular flexibility index (Phi) is 8.81. The van der Waals surface area contributed by atoms with E-state index in [1.165, 1.54) is 0 Å². The Hall–Kier alpha value is -7.44. The van der Waals surface area contributed by atoms with Gasteiger partial charge >= 0.3 is 0 Å². The zero-order valence-corrected chi connectivity index (χ0v) is 29.2. The zero-order valence-electron chi connectivity index (χ0n) is 29.2. The first kappa shape index (κ1) is 32.5. The molecule has 5 heterocycles. The smallest absolute Gasteiger partial charge is 0.0973 e. The molecule has 4 aromatic carbocycles. The Morgan fingerprint density at radius 2 is 0.315 bits per heavy atom. The van der Waals surface area contributed by atoms with Crippen LogP contribution in [-0.2, 0) is 0 Å². The first-order valence-electron chi connectivity index (χ1n) is 17.7. The summed E-state index contributed by atoms with van der Waals surface area (Å²) in [5, 5.41) is 0. The van der Waals surface area contributed by atoms with E-state index < -0.39 is 0 Å². The highest BCUT2D eigenvalue weighted by Gasteiger charge is 2.20. The summed E-state index contributed by atoms with van der Waals surface area (Å²) in [7, 11) is 0. The van der Waals surface area contributed by atoms with E-state index in [2.05, 4.69) is 117 Å². The van der Waals surface area contributed by atoms with Gasteiger partial charge in [-0.15, -0.1) is 0 Å². The van der Waals surface area contributed by atoms with Gasteiger partial charge < -0.3 is 0 Å². The Bertz CT molecular complexity index is 2260. The molecule has 0 fully saturated rings. The predicted octanol–water partition coefficient (Wildman–Crippen LogP) is 11.4. The highest BCUT2D eigenvalue weighted by Crippen LogP contribution is 2.39. The Labute approximate surface area is 313 Å². The third-order valence-corrected chi connectivity index (χ3v) is 9.58. The fourth-order valence-electron chi connectivity index (χ4n) is 6.70. The van der Waals surface area contributed by atoms with Gasteiger partial charge in [0.25, 0.3) is 0 Å². The summed E-state index contributed by atoms with van der Waals surface area (Å²) in [5.41, 5.74) is 16.0. The van der Waals surface area contributed by atoms with Gasteiger partial charge in [0.1, 0.15) is 0 Å². The number of hydrogen-bond donors (Lipinski definition) is 0. The van der Waals surface area contributed by atoms with Crippen LogP contribution in [0.3, 0.4) is 0 Å². The number of benzene rings is 4. The van der Waals surface area contributed by atoms with E-state index in [9.17, 15) is 0 Å². The molecule has 5 aromatic heterocycles.